The van der Waals surface area contributed by atoms with Crippen molar-refractivity contribution in [2.24, 2.45) is 5.84 Å². The molecule has 0 aliphatic heterocycles. The zero-order chi connectivity index (χ0) is 12.5. The number of nitrogens with two attached hydrogens (primary N) is 1. The number of hydrogen-bond donors (Lipinski definition) is 3. The van der Waals surface area contributed by atoms with E-state index in [9.17, 15) is 4.79 Å². The largest absolute Gasteiger partial charge is 0.395 e. The molecule has 0 atom stereocenters. The van der Waals surface area contributed by atoms with Crippen molar-refractivity contribution < 1.29 is 9.90 Å². The zero-order valence-electron chi connectivity index (χ0n) is 9.80. The van der Waals surface area contributed by atoms with Crippen molar-refractivity contribution in [2.45, 2.75) is 13.0 Å². The van der Waals surface area contributed by atoms with Crippen molar-refractivity contribution >= 4 is 5.91 Å². The summed E-state index contributed by atoms with van der Waals surface area (Å²) in [6, 6.07) is 9.95. The molecule has 1 aromatic rings. The van der Waals surface area contributed by atoms with Crippen LogP contribution in [0.1, 0.15) is 12.0 Å². The second-order valence-electron chi connectivity index (χ2n) is 3.80. The Morgan fingerprint density at radius 3 is 2.59 bits per heavy atom. The maximum Gasteiger partial charge on any atom is 0.235 e. The van der Waals surface area contributed by atoms with Gasteiger partial charge in [-0.15, -0.1) is 0 Å². The minimum Gasteiger partial charge on any atom is -0.395 e. The first-order chi connectivity index (χ1) is 8.26. The highest BCUT2D eigenvalue weighted by Gasteiger charge is 2.07. The number of benzene rings is 1. The average Bonchev–Trinajstić information content (AvgIpc) is 2.37. The van der Waals surface area contributed by atoms with Crippen LogP contribution < -0.4 is 11.3 Å². The number of nitrogens with one attached hydrogen (secondary N) is 1. The molecule has 0 aromatic heterocycles. The third-order valence-corrected chi connectivity index (χ3v) is 2.48. The highest BCUT2D eigenvalue weighted by molar-refractivity contribution is 5.75. The summed E-state index contributed by atoms with van der Waals surface area (Å²) in [5.74, 6) is 4.82. The summed E-state index contributed by atoms with van der Waals surface area (Å²) in [5, 5.41) is 8.97. The molecule has 0 aliphatic rings. The predicted molar refractivity (Wildman–Crippen MR) is 65.8 cm³/mol. The van der Waals surface area contributed by atoms with Crippen molar-refractivity contribution in [3.8, 4) is 0 Å². The van der Waals surface area contributed by atoms with Gasteiger partial charge in [0.25, 0.3) is 0 Å². The Morgan fingerprint density at radius 1 is 1.29 bits per heavy atom. The lowest BCUT2D eigenvalue weighted by molar-refractivity contribution is -0.121. The molecular formula is C12H19N3O2. The van der Waals surface area contributed by atoms with Crippen molar-refractivity contribution in [3.05, 3.63) is 35.9 Å². The fourth-order valence-corrected chi connectivity index (χ4v) is 1.58. The molecule has 0 heterocycles. The van der Waals surface area contributed by atoms with Crippen LogP contribution in [0.25, 0.3) is 0 Å². The van der Waals surface area contributed by atoms with E-state index in [-0.39, 0.29) is 12.5 Å². The van der Waals surface area contributed by atoms with E-state index in [0.29, 0.717) is 19.5 Å². The lowest BCUT2D eigenvalue weighted by Gasteiger charge is -2.20. The number of hydrogen-bond acceptors (Lipinski definition) is 4. The van der Waals surface area contributed by atoms with E-state index in [2.05, 4.69) is 5.43 Å². The molecule has 5 nitrogen and oxygen atoms in total. The number of aliphatic hydroxyl groups excluding tert-OH is 1. The molecule has 0 saturated carbocycles. The molecule has 0 unspecified atom stereocenters. The highest BCUT2D eigenvalue weighted by Crippen LogP contribution is 2.04. The zero-order valence-corrected chi connectivity index (χ0v) is 9.80. The fraction of sp³-hybridized carbons (Fsp3) is 0.417. The van der Waals surface area contributed by atoms with Crippen molar-refractivity contribution in [1.82, 2.24) is 10.3 Å². The van der Waals surface area contributed by atoms with Gasteiger partial charge in [-0.25, -0.2) is 5.84 Å². The van der Waals surface area contributed by atoms with E-state index in [4.69, 9.17) is 10.9 Å². The van der Waals surface area contributed by atoms with Crippen LogP contribution in [-0.4, -0.2) is 35.6 Å². The van der Waals surface area contributed by atoms with Gasteiger partial charge in [0.15, 0.2) is 0 Å². The Balaban J connectivity index is 2.45. The summed E-state index contributed by atoms with van der Waals surface area (Å²) >= 11 is 0. The minimum atomic E-state index is -0.194. The molecule has 0 spiro atoms. The van der Waals surface area contributed by atoms with Gasteiger partial charge in [-0.3, -0.25) is 15.1 Å². The SMILES string of the molecule is NNC(=O)CCN(CCO)Cc1ccccc1. The van der Waals surface area contributed by atoms with Gasteiger partial charge in [0, 0.05) is 26.1 Å². The second-order valence-corrected chi connectivity index (χ2v) is 3.80. The standard InChI is InChI=1S/C12H19N3O2/c13-14-12(17)6-7-15(8-9-16)10-11-4-2-1-3-5-11/h1-5,16H,6-10,13H2,(H,14,17). The van der Waals surface area contributed by atoms with Gasteiger partial charge in [0.2, 0.25) is 5.91 Å². The van der Waals surface area contributed by atoms with E-state index >= 15 is 0 Å². The number of nitrogens with zero attached hydrogens (tertiary/aromatic N) is 1. The lowest BCUT2D eigenvalue weighted by Crippen LogP contribution is -2.35. The third-order valence-electron chi connectivity index (χ3n) is 2.48. The third kappa shape index (κ3) is 5.44. The van der Waals surface area contributed by atoms with Crippen LogP contribution in [0.2, 0.25) is 0 Å². The van der Waals surface area contributed by atoms with Crippen molar-refractivity contribution in [2.75, 3.05) is 19.7 Å². The summed E-state index contributed by atoms with van der Waals surface area (Å²) < 4.78 is 0. The molecule has 17 heavy (non-hydrogen) atoms. The van der Waals surface area contributed by atoms with Gasteiger partial charge >= 0.3 is 0 Å². The molecule has 4 N–H and O–H groups in total. The monoisotopic (exact) mass is 237 g/mol. The first-order valence-corrected chi connectivity index (χ1v) is 5.63. The molecule has 1 rings (SSSR count). The molecule has 1 aromatic carbocycles. The molecular weight excluding hydrogens is 218 g/mol. The number of carbonyl (C=O) groups excluding carboxylic acids is 1. The number of amides is 1. The smallest absolute Gasteiger partial charge is 0.235 e. The molecule has 94 valence electrons. The van der Waals surface area contributed by atoms with Crippen LogP contribution in [0.5, 0.6) is 0 Å². The molecule has 0 saturated heterocycles. The predicted octanol–water partition coefficient (Wildman–Crippen LogP) is -0.139. The molecule has 0 aliphatic carbocycles. The molecule has 0 bridgehead atoms. The molecule has 0 radical (unpaired) electrons. The maximum absolute atomic E-state index is 11.0. The Labute approximate surface area is 101 Å². The van der Waals surface area contributed by atoms with Crippen molar-refractivity contribution in [1.29, 1.82) is 0 Å². The maximum atomic E-state index is 11.0. The second kappa shape index (κ2) is 7.78. The summed E-state index contributed by atoms with van der Waals surface area (Å²) in [4.78, 5) is 13.1. The first kappa shape index (κ1) is 13.6. The van der Waals surface area contributed by atoms with Crippen molar-refractivity contribution in [3.63, 3.8) is 0 Å². The number of carbonyl (C=O) groups is 1. The Hall–Kier alpha value is -1.43. The van der Waals surface area contributed by atoms with Gasteiger partial charge in [-0.05, 0) is 5.56 Å². The Morgan fingerprint density at radius 2 is 2.00 bits per heavy atom. The normalized spacial score (nSPS) is 10.5. The fourth-order valence-electron chi connectivity index (χ4n) is 1.58. The summed E-state index contributed by atoms with van der Waals surface area (Å²) in [6.45, 7) is 1.93. The van der Waals surface area contributed by atoms with Gasteiger partial charge < -0.3 is 5.11 Å². The van der Waals surface area contributed by atoms with Crippen LogP contribution in [0.3, 0.4) is 0 Å². The number of aliphatic hydroxyl groups is 1. The van der Waals surface area contributed by atoms with Gasteiger partial charge in [0.1, 0.15) is 0 Å². The van der Waals surface area contributed by atoms with Crippen LogP contribution in [0, 0.1) is 0 Å². The summed E-state index contributed by atoms with van der Waals surface area (Å²) in [7, 11) is 0. The number of hydrazine groups is 1. The number of rotatable bonds is 7. The van der Waals surface area contributed by atoms with Crippen LogP contribution in [-0.2, 0) is 11.3 Å². The topological polar surface area (TPSA) is 78.6 Å². The average molecular weight is 237 g/mol. The van der Waals surface area contributed by atoms with E-state index in [1.54, 1.807) is 0 Å². The van der Waals surface area contributed by atoms with E-state index in [0.717, 1.165) is 12.1 Å². The summed E-state index contributed by atoms with van der Waals surface area (Å²) in [5.41, 5.74) is 3.26. The Bertz CT molecular complexity index is 330. The molecule has 0 fully saturated rings. The van der Waals surface area contributed by atoms with Gasteiger partial charge in [-0.1, -0.05) is 30.3 Å². The molecule has 1 amide bonds. The van der Waals surface area contributed by atoms with Gasteiger partial charge in [0.05, 0.1) is 6.61 Å². The van der Waals surface area contributed by atoms with Crippen LogP contribution >= 0.6 is 0 Å². The quantitative estimate of drug-likeness (QED) is 0.350. The summed E-state index contributed by atoms with van der Waals surface area (Å²) in [6.07, 6.45) is 0.337. The molecule has 5 heteroatoms. The van der Waals surface area contributed by atoms with Crippen LogP contribution in [0.15, 0.2) is 30.3 Å². The Kier molecular flexibility index (Phi) is 6.24. The lowest BCUT2D eigenvalue weighted by atomic mass is 10.2. The van der Waals surface area contributed by atoms with Crippen LogP contribution in [0.4, 0.5) is 0 Å². The highest BCUT2D eigenvalue weighted by atomic mass is 16.3. The van der Waals surface area contributed by atoms with Gasteiger partial charge in [-0.2, -0.15) is 0 Å². The first-order valence-electron chi connectivity index (χ1n) is 5.63. The minimum absolute atomic E-state index is 0.0804. The van der Waals surface area contributed by atoms with E-state index in [1.165, 1.54) is 0 Å². The van der Waals surface area contributed by atoms with E-state index in [1.807, 2.05) is 35.2 Å². The van der Waals surface area contributed by atoms with E-state index < -0.39 is 0 Å².